The fourth-order valence-corrected chi connectivity index (χ4v) is 2.21. The molecule has 0 aromatic rings. The summed E-state index contributed by atoms with van der Waals surface area (Å²) >= 11 is 0.690. The third kappa shape index (κ3) is 7.51. The average molecular weight is 298 g/mol. The van der Waals surface area contributed by atoms with Crippen LogP contribution in [-0.2, 0) is 14.3 Å². The van der Waals surface area contributed by atoms with Crippen molar-refractivity contribution >= 4 is 32.4 Å². The summed E-state index contributed by atoms with van der Waals surface area (Å²) in [5, 5.41) is -0.493. The molecule has 1 aliphatic heterocycles. The van der Waals surface area contributed by atoms with E-state index in [4.69, 9.17) is 0 Å². The van der Waals surface area contributed by atoms with E-state index < -0.39 is 10.1 Å². The number of hydrogen-bond donors (Lipinski definition) is 0. The summed E-state index contributed by atoms with van der Waals surface area (Å²) in [7, 11) is 3.39. The predicted molar refractivity (Wildman–Crippen MR) is 70.1 cm³/mol. The minimum atomic E-state index is -3.05. The van der Waals surface area contributed by atoms with Gasteiger partial charge >= 0.3 is 0 Å². The first-order valence-electron chi connectivity index (χ1n) is 5.13. The van der Waals surface area contributed by atoms with Gasteiger partial charge in [-0.05, 0) is 6.42 Å². The maximum atomic E-state index is 10.9. The molecular formula is C9H18N2O5S2. The minimum Gasteiger partial charge on any atom is -0.339 e. The Morgan fingerprint density at radius 2 is 1.50 bits per heavy atom. The second-order valence-corrected chi connectivity index (χ2v) is 6.52. The van der Waals surface area contributed by atoms with Crippen LogP contribution in [0.2, 0.25) is 0 Å². The molecule has 0 saturated carbocycles. The lowest BCUT2D eigenvalue weighted by Crippen LogP contribution is -2.23. The number of thioether (sulfide) groups is 1. The van der Waals surface area contributed by atoms with Crippen LogP contribution in [0, 0.1) is 0 Å². The molecule has 0 bridgehead atoms. The highest BCUT2D eigenvalue weighted by Crippen LogP contribution is 2.09. The molecule has 0 radical (unpaired) electrons. The average Bonchev–Trinajstić information content (AvgIpc) is 2.63. The van der Waals surface area contributed by atoms with Gasteiger partial charge in [0.25, 0.3) is 20.6 Å². The quantitative estimate of drug-likeness (QED) is 0.616. The number of nitrogens with zero attached hydrogens (tertiary/aromatic N) is 2. The van der Waals surface area contributed by atoms with Crippen LogP contribution in [0.25, 0.3) is 0 Å². The first-order chi connectivity index (χ1) is 8.15. The number of amides is 2. The molecule has 18 heavy (non-hydrogen) atoms. The van der Waals surface area contributed by atoms with Crippen molar-refractivity contribution in [2.75, 3.05) is 40.6 Å². The molecule has 1 aliphatic rings. The number of rotatable bonds is 0. The first-order valence-corrected chi connectivity index (χ1v) is 7.52. The Hall–Kier alpha value is -0.800. The van der Waals surface area contributed by atoms with E-state index in [1.807, 2.05) is 0 Å². The normalized spacial score (nSPS) is 16.4. The zero-order valence-electron chi connectivity index (χ0n) is 10.9. The highest BCUT2D eigenvalue weighted by Gasteiger charge is 2.17. The third-order valence-electron chi connectivity index (χ3n) is 1.71. The second kappa shape index (κ2) is 7.59. The second-order valence-electron chi connectivity index (χ2n) is 3.86. The predicted octanol–water partition coefficient (Wildman–Crippen LogP) is 0.819. The van der Waals surface area contributed by atoms with Crippen molar-refractivity contribution in [1.82, 2.24) is 9.80 Å². The van der Waals surface area contributed by atoms with Crippen LogP contribution in [-0.4, -0.2) is 69.2 Å². The summed E-state index contributed by atoms with van der Waals surface area (Å²) in [5.74, 6) is 0.201. The third-order valence-corrected chi connectivity index (χ3v) is 4.10. The molecule has 1 rings (SSSR count). The van der Waals surface area contributed by atoms with E-state index in [1.165, 1.54) is 9.80 Å². The lowest BCUT2D eigenvalue weighted by Gasteiger charge is -2.11. The lowest BCUT2D eigenvalue weighted by atomic mass is 10.5. The molecular weight excluding hydrogens is 280 g/mol. The fourth-order valence-electron chi connectivity index (χ4n) is 0.738. The molecule has 0 aromatic carbocycles. The molecule has 106 valence electrons. The Morgan fingerprint density at radius 3 is 1.67 bits per heavy atom. The molecule has 0 spiro atoms. The van der Waals surface area contributed by atoms with Crippen LogP contribution >= 0.6 is 11.8 Å². The summed E-state index contributed by atoms with van der Waals surface area (Å²) < 4.78 is 24.7. The number of carbonyl (C=O) groups is 2. The van der Waals surface area contributed by atoms with E-state index in [2.05, 4.69) is 4.18 Å². The summed E-state index contributed by atoms with van der Waals surface area (Å²) in [4.78, 5) is 24.5. The van der Waals surface area contributed by atoms with Crippen molar-refractivity contribution in [3.63, 3.8) is 0 Å². The van der Waals surface area contributed by atoms with Gasteiger partial charge in [0.2, 0.25) is 0 Å². The smallest absolute Gasteiger partial charge is 0.290 e. The molecule has 0 aromatic heterocycles. The van der Waals surface area contributed by atoms with Crippen molar-refractivity contribution < 1.29 is 22.2 Å². The van der Waals surface area contributed by atoms with Crippen LogP contribution in [0.4, 0.5) is 9.59 Å². The molecule has 1 saturated heterocycles. The monoisotopic (exact) mass is 298 g/mol. The molecule has 2 amide bonds. The first kappa shape index (κ1) is 17.2. The van der Waals surface area contributed by atoms with Gasteiger partial charge < -0.3 is 9.80 Å². The van der Waals surface area contributed by atoms with Crippen molar-refractivity contribution in [2.45, 2.75) is 6.42 Å². The van der Waals surface area contributed by atoms with E-state index in [0.29, 0.717) is 24.8 Å². The van der Waals surface area contributed by atoms with E-state index in [-0.39, 0.29) is 16.2 Å². The van der Waals surface area contributed by atoms with Crippen LogP contribution in [0.1, 0.15) is 6.42 Å². The van der Waals surface area contributed by atoms with Crippen molar-refractivity contribution in [3.8, 4) is 0 Å². The molecule has 1 fully saturated rings. The highest BCUT2D eigenvalue weighted by molar-refractivity contribution is 8.25. The Bertz CT molecular complexity index is 362. The maximum Gasteiger partial charge on any atom is 0.290 e. The van der Waals surface area contributed by atoms with E-state index in [9.17, 15) is 18.0 Å². The Balaban J connectivity index is 0.000000351. The summed E-state index contributed by atoms with van der Waals surface area (Å²) in [6.07, 6.45) is 0.655. The molecule has 7 nitrogen and oxygen atoms in total. The molecule has 0 atom stereocenters. The van der Waals surface area contributed by atoms with Gasteiger partial charge in [0.1, 0.15) is 0 Å². The largest absolute Gasteiger partial charge is 0.339 e. The Morgan fingerprint density at radius 1 is 1.06 bits per heavy atom. The van der Waals surface area contributed by atoms with E-state index in [1.54, 1.807) is 28.2 Å². The Kier molecular flexibility index (Phi) is 7.26. The molecule has 1 heterocycles. The highest BCUT2D eigenvalue weighted by atomic mass is 32.2. The van der Waals surface area contributed by atoms with Gasteiger partial charge in [0.15, 0.2) is 0 Å². The molecule has 0 N–H and O–H groups in total. The van der Waals surface area contributed by atoms with Gasteiger partial charge in [-0.3, -0.25) is 13.8 Å². The molecule has 0 unspecified atom stereocenters. The standard InChI is InChI=1S/C6H12N2O2S.C3H6O3S/c1-7(2)5(9)11-6(10)8(3)4;4-7(5)3-1-2-6-7/h1-4H3;1-3H2. The maximum absolute atomic E-state index is 10.9. The minimum absolute atomic E-state index is 0.201. The van der Waals surface area contributed by atoms with E-state index >= 15 is 0 Å². The van der Waals surface area contributed by atoms with Gasteiger partial charge in [0.05, 0.1) is 12.4 Å². The SMILES string of the molecule is CN(C)C(=O)SC(=O)N(C)C.O=S1(=O)CCCO1. The molecule has 0 aliphatic carbocycles. The van der Waals surface area contributed by atoms with E-state index in [0.717, 1.165) is 0 Å². The number of hydrogen-bond acceptors (Lipinski definition) is 6. The zero-order valence-corrected chi connectivity index (χ0v) is 12.5. The van der Waals surface area contributed by atoms with Gasteiger partial charge in [-0.2, -0.15) is 8.42 Å². The van der Waals surface area contributed by atoms with Crippen molar-refractivity contribution in [1.29, 1.82) is 0 Å². The Labute approximate surface area is 112 Å². The summed E-state index contributed by atoms with van der Waals surface area (Å²) in [6.45, 7) is 0.377. The lowest BCUT2D eigenvalue weighted by molar-refractivity contribution is 0.237. The van der Waals surface area contributed by atoms with Gasteiger partial charge in [-0.15, -0.1) is 0 Å². The number of carbonyl (C=O) groups excluding carboxylic acids is 2. The topological polar surface area (TPSA) is 84.0 Å². The van der Waals surface area contributed by atoms with Gasteiger partial charge in [-0.25, -0.2) is 0 Å². The summed E-state index contributed by atoms with van der Waals surface area (Å²) in [6, 6.07) is 0. The van der Waals surface area contributed by atoms with Crippen LogP contribution < -0.4 is 0 Å². The van der Waals surface area contributed by atoms with Crippen LogP contribution in [0.5, 0.6) is 0 Å². The van der Waals surface area contributed by atoms with Crippen molar-refractivity contribution in [3.05, 3.63) is 0 Å². The van der Waals surface area contributed by atoms with Crippen molar-refractivity contribution in [2.24, 2.45) is 0 Å². The van der Waals surface area contributed by atoms with Crippen LogP contribution in [0.15, 0.2) is 0 Å². The van der Waals surface area contributed by atoms with Crippen LogP contribution in [0.3, 0.4) is 0 Å². The fraction of sp³-hybridized carbons (Fsp3) is 0.778. The van der Waals surface area contributed by atoms with Gasteiger partial charge in [0, 0.05) is 40.0 Å². The van der Waals surface area contributed by atoms with Gasteiger partial charge in [-0.1, -0.05) is 0 Å². The molecule has 9 heteroatoms. The zero-order chi connectivity index (χ0) is 14.3. The summed E-state index contributed by atoms with van der Waals surface area (Å²) in [5.41, 5.74) is 0.